The fraction of sp³-hybridized carbons (Fsp3) is 0.800. The fourth-order valence-corrected chi connectivity index (χ4v) is 2.03. The van der Waals surface area contributed by atoms with Crippen molar-refractivity contribution in [3.05, 3.63) is 12.7 Å². The fourth-order valence-electron chi connectivity index (χ4n) is 2.03. The van der Waals surface area contributed by atoms with Gasteiger partial charge in [0.25, 0.3) is 0 Å². The van der Waals surface area contributed by atoms with Crippen LogP contribution in [0.2, 0.25) is 0 Å². The second-order valence-corrected chi connectivity index (χ2v) is 4.86. The molecule has 1 N–H and O–H groups in total. The molecule has 0 aliphatic carbocycles. The lowest BCUT2D eigenvalue weighted by Crippen LogP contribution is -2.38. The van der Waals surface area contributed by atoms with Gasteiger partial charge in [0, 0.05) is 12.8 Å². The molecule has 0 saturated heterocycles. The average Bonchev–Trinajstić information content (AvgIpc) is 2.30. The van der Waals surface area contributed by atoms with Crippen molar-refractivity contribution >= 4 is 5.78 Å². The lowest BCUT2D eigenvalue weighted by Gasteiger charge is -2.25. The summed E-state index contributed by atoms with van der Waals surface area (Å²) >= 11 is 0. The Morgan fingerprint density at radius 1 is 1.18 bits per heavy atom. The summed E-state index contributed by atoms with van der Waals surface area (Å²) in [5, 5.41) is 10.4. The molecule has 0 aromatic carbocycles. The number of hydrogen-bond donors (Lipinski definition) is 1. The van der Waals surface area contributed by atoms with Crippen LogP contribution in [0.25, 0.3) is 0 Å². The highest BCUT2D eigenvalue weighted by molar-refractivity contribution is 5.87. The van der Waals surface area contributed by atoms with Crippen molar-refractivity contribution in [2.45, 2.75) is 77.2 Å². The van der Waals surface area contributed by atoms with Gasteiger partial charge in [0.15, 0.2) is 5.78 Å². The number of hydrogen-bond acceptors (Lipinski definition) is 2. The highest BCUT2D eigenvalue weighted by atomic mass is 16.3. The molecule has 17 heavy (non-hydrogen) atoms. The van der Waals surface area contributed by atoms with E-state index in [0.717, 1.165) is 38.5 Å². The molecule has 1 atom stereocenters. The number of rotatable bonds is 11. The zero-order valence-electron chi connectivity index (χ0n) is 11.5. The number of unbranched alkanes of at least 4 members (excludes halogenated alkanes) is 4. The summed E-state index contributed by atoms with van der Waals surface area (Å²) in [6.07, 6.45) is 9.28. The van der Waals surface area contributed by atoms with Crippen LogP contribution < -0.4 is 0 Å². The van der Waals surface area contributed by atoms with E-state index >= 15 is 0 Å². The summed E-state index contributed by atoms with van der Waals surface area (Å²) in [6.45, 7) is 7.87. The molecule has 0 amide bonds. The summed E-state index contributed by atoms with van der Waals surface area (Å²) in [5.41, 5.74) is -1.15. The number of carbonyl (C=O) groups excluding carboxylic acids is 1. The molecule has 0 bridgehead atoms. The van der Waals surface area contributed by atoms with E-state index in [1.165, 1.54) is 0 Å². The first-order valence-corrected chi connectivity index (χ1v) is 6.97. The highest BCUT2D eigenvalue weighted by Crippen LogP contribution is 2.23. The Hall–Kier alpha value is -0.630. The van der Waals surface area contributed by atoms with Crippen LogP contribution in [0.1, 0.15) is 71.6 Å². The number of Topliss-reactive ketones (excluding diaryl/α,β-unsaturated/α-hetero) is 1. The van der Waals surface area contributed by atoms with Crippen LogP contribution in [-0.2, 0) is 4.79 Å². The molecule has 0 spiro atoms. The SMILES string of the molecule is C=CCC(O)(CCCCC)C(=O)CCCCC. The van der Waals surface area contributed by atoms with Gasteiger partial charge >= 0.3 is 0 Å². The summed E-state index contributed by atoms with van der Waals surface area (Å²) < 4.78 is 0. The molecule has 0 aliphatic heterocycles. The normalized spacial score (nSPS) is 14.3. The zero-order chi connectivity index (χ0) is 13.1. The number of aliphatic hydroxyl groups is 1. The van der Waals surface area contributed by atoms with E-state index in [-0.39, 0.29) is 5.78 Å². The second-order valence-electron chi connectivity index (χ2n) is 4.86. The largest absolute Gasteiger partial charge is 0.382 e. The van der Waals surface area contributed by atoms with Crippen LogP contribution in [0.4, 0.5) is 0 Å². The third-order valence-electron chi connectivity index (χ3n) is 3.20. The molecule has 2 heteroatoms. The number of ketones is 1. The van der Waals surface area contributed by atoms with Crippen molar-refractivity contribution in [2.24, 2.45) is 0 Å². The van der Waals surface area contributed by atoms with Crippen LogP contribution in [0.3, 0.4) is 0 Å². The maximum Gasteiger partial charge on any atom is 0.164 e. The maximum absolute atomic E-state index is 12.0. The Labute approximate surface area is 106 Å². The van der Waals surface area contributed by atoms with E-state index in [1.54, 1.807) is 6.08 Å². The van der Waals surface area contributed by atoms with Crippen LogP contribution in [0.5, 0.6) is 0 Å². The maximum atomic E-state index is 12.0. The van der Waals surface area contributed by atoms with E-state index in [9.17, 15) is 9.90 Å². The standard InChI is InChI=1S/C15H28O2/c1-4-7-9-11-14(16)15(17,12-6-3)13-10-8-5-2/h6,17H,3-5,7-13H2,1-2H3. The van der Waals surface area contributed by atoms with Gasteiger partial charge in [-0.1, -0.05) is 52.0 Å². The molecule has 0 saturated carbocycles. The van der Waals surface area contributed by atoms with Crippen LogP contribution >= 0.6 is 0 Å². The van der Waals surface area contributed by atoms with E-state index in [4.69, 9.17) is 0 Å². The first-order chi connectivity index (χ1) is 8.10. The highest BCUT2D eigenvalue weighted by Gasteiger charge is 2.32. The molecule has 1 unspecified atom stereocenters. The van der Waals surface area contributed by atoms with Gasteiger partial charge in [0.2, 0.25) is 0 Å². The molecule has 0 aliphatic rings. The zero-order valence-corrected chi connectivity index (χ0v) is 11.5. The van der Waals surface area contributed by atoms with E-state index in [0.29, 0.717) is 19.3 Å². The van der Waals surface area contributed by atoms with Crippen LogP contribution in [0.15, 0.2) is 12.7 Å². The minimum Gasteiger partial charge on any atom is -0.382 e. The molecule has 2 nitrogen and oxygen atoms in total. The minimum absolute atomic E-state index is 0.00181. The molecule has 0 fully saturated rings. The Morgan fingerprint density at radius 2 is 1.76 bits per heavy atom. The van der Waals surface area contributed by atoms with Crippen molar-refractivity contribution in [1.29, 1.82) is 0 Å². The van der Waals surface area contributed by atoms with E-state index in [2.05, 4.69) is 20.4 Å². The van der Waals surface area contributed by atoms with Gasteiger partial charge in [-0.25, -0.2) is 0 Å². The monoisotopic (exact) mass is 240 g/mol. The van der Waals surface area contributed by atoms with Gasteiger partial charge in [-0.05, 0) is 12.8 Å². The van der Waals surface area contributed by atoms with E-state index in [1.807, 2.05) is 0 Å². The predicted molar refractivity (Wildman–Crippen MR) is 73.1 cm³/mol. The van der Waals surface area contributed by atoms with Crippen LogP contribution in [-0.4, -0.2) is 16.5 Å². The molecule has 100 valence electrons. The summed E-state index contributed by atoms with van der Waals surface area (Å²) in [7, 11) is 0. The quantitative estimate of drug-likeness (QED) is 0.437. The summed E-state index contributed by atoms with van der Waals surface area (Å²) in [6, 6.07) is 0. The smallest absolute Gasteiger partial charge is 0.164 e. The van der Waals surface area contributed by atoms with Crippen molar-refractivity contribution in [1.82, 2.24) is 0 Å². The topological polar surface area (TPSA) is 37.3 Å². The Bertz CT molecular complexity index is 223. The molecule has 0 rings (SSSR count). The lowest BCUT2D eigenvalue weighted by atomic mass is 9.86. The average molecular weight is 240 g/mol. The van der Waals surface area contributed by atoms with Gasteiger partial charge in [0.1, 0.15) is 5.60 Å². The van der Waals surface area contributed by atoms with Gasteiger partial charge in [-0.15, -0.1) is 6.58 Å². The summed E-state index contributed by atoms with van der Waals surface area (Å²) in [4.78, 5) is 12.0. The minimum atomic E-state index is -1.15. The van der Waals surface area contributed by atoms with Gasteiger partial charge in [-0.3, -0.25) is 4.79 Å². The van der Waals surface area contributed by atoms with Crippen molar-refractivity contribution in [3.63, 3.8) is 0 Å². The molecule has 0 aromatic rings. The second kappa shape index (κ2) is 9.41. The van der Waals surface area contributed by atoms with Crippen molar-refractivity contribution < 1.29 is 9.90 Å². The molecule has 0 heterocycles. The molecule has 0 aromatic heterocycles. The Kier molecular flexibility index (Phi) is 9.06. The Morgan fingerprint density at radius 3 is 2.29 bits per heavy atom. The molecule has 0 radical (unpaired) electrons. The van der Waals surface area contributed by atoms with Gasteiger partial charge < -0.3 is 5.11 Å². The predicted octanol–water partition coefficient (Wildman–Crippen LogP) is 4.02. The van der Waals surface area contributed by atoms with Gasteiger partial charge in [0.05, 0.1) is 0 Å². The van der Waals surface area contributed by atoms with Crippen LogP contribution in [0, 0.1) is 0 Å². The summed E-state index contributed by atoms with van der Waals surface area (Å²) in [5.74, 6) is 0.00181. The lowest BCUT2D eigenvalue weighted by molar-refractivity contribution is -0.138. The van der Waals surface area contributed by atoms with E-state index < -0.39 is 5.60 Å². The van der Waals surface area contributed by atoms with Crippen molar-refractivity contribution in [2.75, 3.05) is 0 Å². The van der Waals surface area contributed by atoms with Crippen molar-refractivity contribution in [3.8, 4) is 0 Å². The first kappa shape index (κ1) is 16.4. The first-order valence-electron chi connectivity index (χ1n) is 6.97. The molecular formula is C15H28O2. The van der Waals surface area contributed by atoms with Gasteiger partial charge in [-0.2, -0.15) is 0 Å². The Balaban J connectivity index is 4.24. The number of carbonyl (C=O) groups is 1. The molecular weight excluding hydrogens is 212 g/mol. The third-order valence-corrected chi connectivity index (χ3v) is 3.20. The third kappa shape index (κ3) is 6.62.